The minimum Gasteiger partial charge on any atom is -0.377 e. The first kappa shape index (κ1) is 11.7. The lowest BCUT2D eigenvalue weighted by Gasteiger charge is -2.03. The fraction of sp³-hybridized carbons (Fsp3) is 1.00. The van der Waals surface area contributed by atoms with Crippen molar-refractivity contribution in [3.8, 4) is 0 Å². The summed E-state index contributed by atoms with van der Waals surface area (Å²) in [5, 5.41) is 0. The normalized spacial score (nSPS) is 8.67. The van der Waals surface area contributed by atoms with Crippen molar-refractivity contribution in [3.63, 3.8) is 0 Å². The molecule has 0 aromatic rings. The Morgan fingerprint density at radius 1 is 1.33 bits per heavy atom. The molecule has 0 aromatic carbocycles. The molecule has 0 unspecified atom stereocenters. The Morgan fingerprint density at radius 2 is 1.78 bits per heavy atom. The average Bonchev–Trinajstić information content (AvgIpc) is 1.88. The molecule has 2 nitrogen and oxygen atoms in total. The van der Waals surface area contributed by atoms with Crippen molar-refractivity contribution in [3.05, 3.63) is 0 Å². The molecule has 58 valence electrons. The molecule has 0 aliphatic heterocycles. The van der Waals surface area contributed by atoms with Gasteiger partial charge in [-0.1, -0.05) is 13.8 Å². The van der Waals surface area contributed by atoms with Gasteiger partial charge in [0.15, 0.2) is 0 Å². The van der Waals surface area contributed by atoms with Crippen LogP contribution in [0.3, 0.4) is 0 Å². The second kappa shape index (κ2) is 10.8. The van der Waals surface area contributed by atoms with Gasteiger partial charge in [0, 0.05) is 6.54 Å². The van der Waals surface area contributed by atoms with E-state index in [4.69, 9.17) is 10.5 Å². The van der Waals surface area contributed by atoms with Crippen LogP contribution in [0.5, 0.6) is 0 Å². The zero-order valence-electron chi connectivity index (χ0n) is 6.98. The van der Waals surface area contributed by atoms with Gasteiger partial charge in [-0.3, -0.25) is 0 Å². The molecule has 0 aliphatic carbocycles. The third kappa shape index (κ3) is 18.1. The topological polar surface area (TPSA) is 35.2 Å². The van der Waals surface area contributed by atoms with Crippen molar-refractivity contribution in [1.29, 1.82) is 0 Å². The summed E-state index contributed by atoms with van der Waals surface area (Å²) in [4.78, 5) is 0. The zero-order chi connectivity index (χ0) is 7.70. The highest BCUT2D eigenvalue weighted by atomic mass is 16.5. The standard InChI is InChI=1S/C5H13NO.C2H6/c1-5(2)7-4-3-6;1-2/h5H,3-4,6H2,1-2H3;1-2H3. The quantitative estimate of drug-likeness (QED) is 0.631. The van der Waals surface area contributed by atoms with Gasteiger partial charge in [0.2, 0.25) is 0 Å². The van der Waals surface area contributed by atoms with E-state index in [1.165, 1.54) is 0 Å². The van der Waals surface area contributed by atoms with Crippen LogP contribution in [0.4, 0.5) is 0 Å². The summed E-state index contributed by atoms with van der Waals surface area (Å²) < 4.78 is 5.07. The minimum atomic E-state index is 0.323. The van der Waals surface area contributed by atoms with E-state index in [-0.39, 0.29) is 0 Å². The molecular weight excluding hydrogens is 114 g/mol. The highest BCUT2D eigenvalue weighted by Crippen LogP contribution is 1.83. The summed E-state index contributed by atoms with van der Waals surface area (Å²) in [6.07, 6.45) is 0.323. The third-order valence-electron chi connectivity index (χ3n) is 0.569. The molecule has 9 heavy (non-hydrogen) atoms. The number of hydrogen-bond acceptors (Lipinski definition) is 2. The maximum absolute atomic E-state index is 5.15. The van der Waals surface area contributed by atoms with Crippen molar-refractivity contribution >= 4 is 0 Å². The Kier molecular flexibility index (Phi) is 14.0. The summed E-state index contributed by atoms with van der Waals surface area (Å²) in [5.74, 6) is 0. The molecule has 0 aromatic heterocycles. The van der Waals surface area contributed by atoms with Crippen molar-refractivity contribution in [2.24, 2.45) is 5.73 Å². The second-order valence-corrected chi connectivity index (χ2v) is 1.71. The highest BCUT2D eigenvalue weighted by molar-refractivity contribution is 4.36. The number of rotatable bonds is 3. The van der Waals surface area contributed by atoms with E-state index in [0.717, 1.165) is 0 Å². The second-order valence-electron chi connectivity index (χ2n) is 1.71. The molecule has 0 radical (unpaired) electrons. The van der Waals surface area contributed by atoms with Gasteiger partial charge < -0.3 is 10.5 Å². The summed E-state index contributed by atoms with van der Waals surface area (Å²) in [5.41, 5.74) is 5.15. The molecule has 0 amide bonds. The molecule has 0 spiro atoms. The molecule has 0 bridgehead atoms. The number of ether oxygens (including phenoxy) is 1. The van der Waals surface area contributed by atoms with Crippen molar-refractivity contribution in [1.82, 2.24) is 0 Å². The van der Waals surface area contributed by atoms with Crippen LogP contribution in [0.2, 0.25) is 0 Å². The Bertz CT molecular complexity index is 37.9. The number of hydrogen-bond donors (Lipinski definition) is 1. The SMILES string of the molecule is CC.CC(C)OCCN. The van der Waals surface area contributed by atoms with Crippen LogP contribution >= 0.6 is 0 Å². The Balaban J connectivity index is 0. The predicted molar refractivity (Wildman–Crippen MR) is 41.5 cm³/mol. The first-order valence-corrected chi connectivity index (χ1v) is 3.59. The van der Waals surface area contributed by atoms with E-state index in [1.807, 2.05) is 27.7 Å². The first-order chi connectivity index (χ1) is 4.27. The average molecular weight is 133 g/mol. The fourth-order valence-electron chi connectivity index (χ4n) is 0.304. The van der Waals surface area contributed by atoms with Gasteiger partial charge in [-0.25, -0.2) is 0 Å². The molecular formula is C7H19NO. The van der Waals surface area contributed by atoms with E-state index in [2.05, 4.69) is 0 Å². The monoisotopic (exact) mass is 133 g/mol. The zero-order valence-corrected chi connectivity index (χ0v) is 6.98. The summed E-state index contributed by atoms with van der Waals surface area (Å²) in [7, 11) is 0. The lowest BCUT2D eigenvalue weighted by atomic mass is 10.5. The van der Waals surface area contributed by atoms with Gasteiger partial charge in [0.05, 0.1) is 12.7 Å². The molecule has 0 saturated carbocycles. The van der Waals surface area contributed by atoms with E-state index >= 15 is 0 Å². The minimum absolute atomic E-state index is 0.323. The van der Waals surface area contributed by atoms with Crippen LogP contribution in [0.1, 0.15) is 27.7 Å². The summed E-state index contributed by atoms with van der Waals surface area (Å²) in [6.45, 7) is 9.29. The Labute approximate surface area is 58.4 Å². The summed E-state index contributed by atoms with van der Waals surface area (Å²) >= 11 is 0. The smallest absolute Gasteiger partial charge is 0.0592 e. The molecule has 0 heterocycles. The van der Waals surface area contributed by atoms with Gasteiger partial charge in [0.1, 0.15) is 0 Å². The van der Waals surface area contributed by atoms with Gasteiger partial charge in [0.25, 0.3) is 0 Å². The van der Waals surface area contributed by atoms with E-state index < -0.39 is 0 Å². The van der Waals surface area contributed by atoms with Gasteiger partial charge in [-0.2, -0.15) is 0 Å². The maximum Gasteiger partial charge on any atom is 0.0592 e. The van der Waals surface area contributed by atoms with Crippen LogP contribution < -0.4 is 5.73 Å². The van der Waals surface area contributed by atoms with Crippen molar-refractivity contribution in [2.45, 2.75) is 33.8 Å². The largest absolute Gasteiger partial charge is 0.377 e. The number of nitrogens with two attached hydrogens (primary N) is 1. The molecule has 0 fully saturated rings. The lowest BCUT2D eigenvalue weighted by Crippen LogP contribution is -2.12. The van der Waals surface area contributed by atoms with Crippen LogP contribution in [-0.4, -0.2) is 19.3 Å². The van der Waals surface area contributed by atoms with E-state index in [1.54, 1.807) is 0 Å². The molecule has 2 N–H and O–H groups in total. The van der Waals surface area contributed by atoms with Crippen molar-refractivity contribution in [2.75, 3.05) is 13.2 Å². The fourth-order valence-corrected chi connectivity index (χ4v) is 0.304. The van der Waals surface area contributed by atoms with Crippen LogP contribution in [0, 0.1) is 0 Å². The van der Waals surface area contributed by atoms with Crippen LogP contribution in [0.15, 0.2) is 0 Å². The lowest BCUT2D eigenvalue weighted by molar-refractivity contribution is 0.0851. The van der Waals surface area contributed by atoms with Gasteiger partial charge in [-0.05, 0) is 13.8 Å². The highest BCUT2D eigenvalue weighted by Gasteiger charge is 1.87. The van der Waals surface area contributed by atoms with Crippen LogP contribution in [0.25, 0.3) is 0 Å². The van der Waals surface area contributed by atoms with Gasteiger partial charge in [-0.15, -0.1) is 0 Å². The molecule has 2 heteroatoms. The Morgan fingerprint density at radius 3 is 1.89 bits per heavy atom. The van der Waals surface area contributed by atoms with Crippen LogP contribution in [-0.2, 0) is 4.74 Å². The third-order valence-corrected chi connectivity index (χ3v) is 0.569. The molecule has 0 saturated heterocycles. The maximum atomic E-state index is 5.15. The Hall–Kier alpha value is -0.0800. The van der Waals surface area contributed by atoms with E-state index in [0.29, 0.717) is 19.3 Å². The van der Waals surface area contributed by atoms with Crippen molar-refractivity contribution < 1.29 is 4.74 Å². The predicted octanol–water partition coefficient (Wildman–Crippen LogP) is 1.40. The summed E-state index contributed by atoms with van der Waals surface area (Å²) in [6, 6.07) is 0. The molecule has 0 atom stereocenters. The first-order valence-electron chi connectivity index (χ1n) is 3.59. The van der Waals surface area contributed by atoms with Gasteiger partial charge >= 0.3 is 0 Å². The molecule has 0 rings (SSSR count). The molecule has 0 aliphatic rings. The van der Waals surface area contributed by atoms with E-state index in [9.17, 15) is 0 Å².